The molecule has 3 rings (SSSR count). The van der Waals surface area contributed by atoms with Gasteiger partial charge >= 0.3 is 6.18 Å². The normalized spacial score (nSPS) is 18.1. The van der Waals surface area contributed by atoms with Crippen LogP contribution < -0.4 is 0 Å². The number of halogens is 3. The molecule has 28 heavy (non-hydrogen) atoms. The molecule has 1 aliphatic heterocycles. The third-order valence-corrected chi connectivity index (χ3v) is 4.94. The summed E-state index contributed by atoms with van der Waals surface area (Å²) in [6.45, 7) is 1.77. The lowest BCUT2D eigenvalue weighted by molar-refractivity contribution is -0.137. The number of likely N-dealkylation sites (tertiary alicyclic amines) is 1. The van der Waals surface area contributed by atoms with Crippen LogP contribution in [0.3, 0.4) is 0 Å². The number of piperidine rings is 1. The monoisotopic (exact) mass is 392 g/mol. The molecule has 1 fully saturated rings. The molecule has 5 nitrogen and oxygen atoms in total. The molecule has 0 radical (unpaired) electrons. The van der Waals surface area contributed by atoms with E-state index in [2.05, 4.69) is 14.9 Å². The number of benzene rings is 1. The number of aromatic nitrogens is 2. The molecule has 1 aromatic carbocycles. The molecule has 0 spiro atoms. The summed E-state index contributed by atoms with van der Waals surface area (Å²) in [6, 6.07) is 5.18. The molecule has 0 aliphatic carbocycles. The summed E-state index contributed by atoms with van der Waals surface area (Å²) < 4.78 is 39.3. The summed E-state index contributed by atoms with van der Waals surface area (Å²) in [5.74, 6) is 0.0415. The van der Waals surface area contributed by atoms with Crippen molar-refractivity contribution in [2.45, 2.75) is 24.9 Å². The van der Waals surface area contributed by atoms with E-state index in [1.807, 2.05) is 0 Å². The number of nitrogens with zero attached hydrogens (tertiary/aromatic N) is 4. The number of rotatable bonds is 4. The molecule has 2 heterocycles. The summed E-state index contributed by atoms with van der Waals surface area (Å²) in [7, 11) is 3.44. The van der Waals surface area contributed by atoms with E-state index in [0.29, 0.717) is 30.0 Å². The minimum Gasteiger partial charge on any atom is -0.348 e. The maximum absolute atomic E-state index is 13.1. The molecule has 1 saturated heterocycles. The van der Waals surface area contributed by atoms with Gasteiger partial charge in [-0.05, 0) is 31.5 Å². The molecule has 1 amide bonds. The average molecular weight is 392 g/mol. The van der Waals surface area contributed by atoms with Gasteiger partial charge in [0.2, 0.25) is 5.91 Å². The molecular formula is C20H23F3N4O. The third-order valence-electron chi connectivity index (χ3n) is 4.94. The average Bonchev–Trinajstić information content (AvgIpc) is 2.67. The Bertz CT molecular complexity index is 838. The van der Waals surface area contributed by atoms with E-state index in [0.717, 1.165) is 31.5 Å². The second-order valence-electron chi connectivity index (χ2n) is 7.23. The van der Waals surface area contributed by atoms with Gasteiger partial charge in [-0.3, -0.25) is 19.7 Å². The maximum atomic E-state index is 13.1. The van der Waals surface area contributed by atoms with Gasteiger partial charge in [0.05, 0.1) is 23.5 Å². The lowest BCUT2D eigenvalue weighted by atomic mass is 9.91. The fourth-order valence-electron chi connectivity index (χ4n) is 3.47. The second-order valence-corrected chi connectivity index (χ2v) is 7.23. The fraction of sp³-hybridized carbons (Fsp3) is 0.450. The first kappa shape index (κ1) is 20.3. The summed E-state index contributed by atoms with van der Waals surface area (Å²) >= 11 is 0. The van der Waals surface area contributed by atoms with E-state index >= 15 is 0 Å². The topological polar surface area (TPSA) is 49.3 Å². The van der Waals surface area contributed by atoms with Gasteiger partial charge in [-0.25, -0.2) is 0 Å². The van der Waals surface area contributed by atoms with Crippen molar-refractivity contribution < 1.29 is 18.0 Å². The molecule has 1 unspecified atom stereocenters. The number of carbonyl (C=O) groups is 1. The van der Waals surface area contributed by atoms with E-state index in [-0.39, 0.29) is 11.8 Å². The van der Waals surface area contributed by atoms with Crippen molar-refractivity contribution in [2.24, 2.45) is 0 Å². The molecular weight excluding hydrogens is 369 g/mol. The van der Waals surface area contributed by atoms with Crippen molar-refractivity contribution >= 4 is 5.91 Å². The minimum atomic E-state index is -4.41. The Hall–Kier alpha value is -2.48. The first-order chi connectivity index (χ1) is 13.3. The third kappa shape index (κ3) is 4.67. The zero-order chi connectivity index (χ0) is 20.3. The Morgan fingerprint density at radius 2 is 2.00 bits per heavy atom. The van der Waals surface area contributed by atoms with Crippen molar-refractivity contribution in [1.82, 2.24) is 19.8 Å². The molecule has 2 aromatic rings. The molecule has 1 aliphatic rings. The van der Waals surface area contributed by atoms with Crippen LogP contribution >= 0.6 is 0 Å². The second kappa shape index (κ2) is 8.26. The van der Waals surface area contributed by atoms with Crippen LogP contribution in [-0.4, -0.2) is 59.4 Å². The summed E-state index contributed by atoms with van der Waals surface area (Å²) in [4.78, 5) is 24.4. The number of likely N-dealkylation sites (N-methyl/N-ethyl adjacent to an activating group) is 1. The van der Waals surface area contributed by atoms with E-state index in [1.54, 1.807) is 31.3 Å². The largest absolute Gasteiger partial charge is 0.416 e. The van der Waals surface area contributed by atoms with Crippen LogP contribution in [-0.2, 0) is 11.0 Å². The predicted molar refractivity (Wildman–Crippen MR) is 99.6 cm³/mol. The molecule has 0 saturated carbocycles. The van der Waals surface area contributed by atoms with Gasteiger partial charge in [-0.2, -0.15) is 13.2 Å². The Kier molecular flexibility index (Phi) is 5.98. The van der Waals surface area contributed by atoms with Crippen LogP contribution in [0.2, 0.25) is 0 Å². The lowest BCUT2D eigenvalue weighted by Crippen LogP contribution is -2.41. The number of carbonyl (C=O) groups excluding carboxylic acids is 1. The first-order valence-electron chi connectivity index (χ1n) is 9.16. The standard InChI is InChI=1S/C20H23F3N4O/c1-26(2)17(28)13-27-10-4-6-15(12-27)19-18(24-8-9-25-19)14-5-3-7-16(11-14)20(21,22)23/h3,5,7-9,11,15H,4,6,10,12-13H2,1-2H3. The highest BCUT2D eigenvalue weighted by molar-refractivity contribution is 5.77. The van der Waals surface area contributed by atoms with Gasteiger partial charge in [0.25, 0.3) is 0 Å². The van der Waals surface area contributed by atoms with Crippen LogP contribution in [0, 0.1) is 0 Å². The van der Waals surface area contributed by atoms with Crippen LogP contribution in [0.1, 0.15) is 30.0 Å². The molecule has 1 aromatic heterocycles. The molecule has 8 heteroatoms. The lowest BCUT2D eigenvalue weighted by Gasteiger charge is -2.33. The van der Waals surface area contributed by atoms with Crippen molar-refractivity contribution in [3.05, 3.63) is 47.9 Å². The van der Waals surface area contributed by atoms with E-state index in [9.17, 15) is 18.0 Å². The zero-order valence-corrected chi connectivity index (χ0v) is 15.9. The Labute approximate surface area is 162 Å². The van der Waals surface area contributed by atoms with Gasteiger partial charge in [0.1, 0.15) is 0 Å². The smallest absolute Gasteiger partial charge is 0.348 e. The number of hydrogen-bond donors (Lipinski definition) is 0. The van der Waals surface area contributed by atoms with Gasteiger partial charge in [0, 0.05) is 44.5 Å². The summed E-state index contributed by atoms with van der Waals surface area (Å²) in [6.07, 6.45) is 0.402. The first-order valence-corrected chi connectivity index (χ1v) is 9.16. The van der Waals surface area contributed by atoms with Gasteiger partial charge in [-0.1, -0.05) is 12.1 Å². The van der Waals surface area contributed by atoms with Gasteiger partial charge in [0.15, 0.2) is 0 Å². The highest BCUT2D eigenvalue weighted by atomic mass is 19.4. The molecule has 150 valence electrons. The quantitative estimate of drug-likeness (QED) is 0.800. The van der Waals surface area contributed by atoms with Crippen LogP contribution in [0.25, 0.3) is 11.3 Å². The SMILES string of the molecule is CN(C)C(=O)CN1CCCC(c2nccnc2-c2cccc(C(F)(F)F)c2)C1. The number of hydrogen-bond acceptors (Lipinski definition) is 4. The van der Waals surface area contributed by atoms with Crippen molar-refractivity contribution in [1.29, 1.82) is 0 Å². The Morgan fingerprint density at radius 1 is 1.25 bits per heavy atom. The highest BCUT2D eigenvalue weighted by Gasteiger charge is 2.31. The highest BCUT2D eigenvalue weighted by Crippen LogP contribution is 2.35. The minimum absolute atomic E-state index is 0.0157. The molecule has 1 atom stereocenters. The zero-order valence-electron chi connectivity index (χ0n) is 15.9. The van der Waals surface area contributed by atoms with Gasteiger partial charge in [-0.15, -0.1) is 0 Å². The molecule has 0 N–H and O–H groups in total. The molecule has 0 bridgehead atoms. The van der Waals surface area contributed by atoms with Crippen molar-refractivity contribution in [2.75, 3.05) is 33.7 Å². The van der Waals surface area contributed by atoms with Crippen LogP contribution in [0.4, 0.5) is 13.2 Å². The van der Waals surface area contributed by atoms with Crippen LogP contribution in [0.15, 0.2) is 36.7 Å². The van der Waals surface area contributed by atoms with E-state index in [1.165, 1.54) is 12.3 Å². The fourth-order valence-corrected chi connectivity index (χ4v) is 3.47. The summed E-state index contributed by atoms with van der Waals surface area (Å²) in [5, 5.41) is 0. The van der Waals surface area contributed by atoms with Gasteiger partial charge < -0.3 is 4.90 Å². The Balaban J connectivity index is 1.87. The van der Waals surface area contributed by atoms with Crippen LogP contribution in [0.5, 0.6) is 0 Å². The number of alkyl halides is 3. The van der Waals surface area contributed by atoms with E-state index in [4.69, 9.17) is 0 Å². The maximum Gasteiger partial charge on any atom is 0.416 e. The Morgan fingerprint density at radius 3 is 2.71 bits per heavy atom. The van der Waals surface area contributed by atoms with Crippen molar-refractivity contribution in [3.8, 4) is 11.3 Å². The summed E-state index contributed by atoms with van der Waals surface area (Å²) in [5.41, 5.74) is 0.853. The predicted octanol–water partition coefficient (Wildman–Crippen LogP) is 3.43. The number of amides is 1. The van der Waals surface area contributed by atoms with Crippen molar-refractivity contribution in [3.63, 3.8) is 0 Å². The van der Waals surface area contributed by atoms with E-state index < -0.39 is 11.7 Å².